The number of hydrogen-bond acceptors (Lipinski definition) is 2. The summed E-state index contributed by atoms with van der Waals surface area (Å²) in [5, 5.41) is 0. The van der Waals surface area contributed by atoms with Crippen LogP contribution in [-0.4, -0.2) is 23.5 Å². The van der Waals surface area contributed by atoms with Crippen LogP contribution in [0.5, 0.6) is 0 Å². The zero-order chi connectivity index (χ0) is 13.9. The number of benzene rings is 1. The van der Waals surface area contributed by atoms with Gasteiger partial charge in [-0.2, -0.15) is 0 Å². The van der Waals surface area contributed by atoms with Crippen molar-refractivity contribution < 1.29 is 17.9 Å². The molecule has 0 radical (unpaired) electrons. The summed E-state index contributed by atoms with van der Waals surface area (Å²) >= 11 is 0. The van der Waals surface area contributed by atoms with Crippen molar-refractivity contribution in [1.82, 2.24) is 4.81 Å². The number of aliphatic imine (C=N–C) groups is 1. The minimum Gasteiger partial charge on any atom is -0.414 e. The average molecular weight is 271 g/mol. The Morgan fingerprint density at radius 1 is 1.05 bits per heavy atom. The van der Waals surface area contributed by atoms with Crippen LogP contribution in [0.4, 0.5) is 14.4 Å². The predicted octanol–water partition coefficient (Wildman–Crippen LogP) is 1.74. The van der Waals surface area contributed by atoms with Crippen LogP contribution in [0, 0.1) is 0 Å². The fourth-order valence-electron chi connectivity index (χ4n) is 2.66. The zero-order valence-corrected chi connectivity index (χ0v) is 10.2. The number of carbonyl (C=O) groups is 1. The van der Waals surface area contributed by atoms with E-state index < -0.39 is 12.9 Å². The van der Waals surface area contributed by atoms with E-state index in [1.807, 2.05) is 0 Å². The lowest BCUT2D eigenvalue weighted by Crippen LogP contribution is -2.72. The van der Waals surface area contributed by atoms with Gasteiger partial charge in [-0.1, -0.05) is 18.2 Å². The lowest BCUT2D eigenvalue weighted by atomic mass is 9.91. The average Bonchev–Trinajstić information content (AvgIpc) is 2.74. The lowest BCUT2D eigenvalue weighted by molar-refractivity contribution is -0.560. The van der Waals surface area contributed by atoms with E-state index >= 15 is 0 Å². The summed E-state index contributed by atoms with van der Waals surface area (Å²) in [5.41, 5.74) is 0.718. The van der Waals surface area contributed by atoms with Gasteiger partial charge >= 0.3 is 6.97 Å². The molecular formula is C13H8BF2N3O. The Morgan fingerprint density at radius 3 is 2.55 bits per heavy atom. The number of halogens is 2. The first-order chi connectivity index (χ1) is 9.60. The van der Waals surface area contributed by atoms with Crippen molar-refractivity contribution in [1.29, 1.82) is 0 Å². The summed E-state index contributed by atoms with van der Waals surface area (Å²) in [6, 6.07) is 11.2. The van der Waals surface area contributed by atoms with Gasteiger partial charge < -0.3 is 17.9 Å². The molecular weight excluding hydrogens is 263 g/mol. The van der Waals surface area contributed by atoms with E-state index in [1.54, 1.807) is 30.3 Å². The molecule has 0 N–H and O–H groups in total. The Morgan fingerprint density at radius 2 is 1.75 bits per heavy atom. The fraction of sp³-hybridized carbons (Fsp3) is 0. The van der Waals surface area contributed by atoms with Crippen molar-refractivity contribution >= 4 is 24.5 Å². The minimum absolute atomic E-state index is 0.0294. The van der Waals surface area contributed by atoms with E-state index in [0.717, 1.165) is 4.48 Å². The maximum absolute atomic E-state index is 14.6. The first kappa shape index (κ1) is 11.3. The highest BCUT2D eigenvalue weighted by Gasteiger charge is 2.56. The van der Waals surface area contributed by atoms with Crippen LogP contribution in [0.25, 0.3) is 0 Å². The van der Waals surface area contributed by atoms with Gasteiger partial charge in [0.25, 0.3) is 5.82 Å². The van der Waals surface area contributed by atoms with Crippen LogP contribution in [0.3, 0.4) is 0 Å². The van der Waals surface area contributed by atoms with Crippen molar-refractivity contribution in [3.8, 4) is 0 Å². The van der Waals surface area contributed by atoms with Crippen molar-refractivity contribution in [2.45, 2.75) is 0 Å². The van der Waals surface area contributed by atoms with Crippen LogP contribution in [0.2, 0.25) is 0 Å². The molecule has 20 heavy (non-hydrogen) atoms. The number of hydrogen-bond donors (Lipinski definition) is 0. The van der Waals surface area contributed by atoms with Crippen molar-refractivity contribution in [3.63, 3.8) is 0 Å². The number of rotatable bonds is 0. The molecule has 3 heterocycles. The third-order valence-corrected chi connectivity index (χ3v) is 3.58. The largest absolute Gasteiger partial charge is 0.644 e. The topological polar surface area (TPSA) is 36.6 Å². The summed E-state index contributed by atoms with van der Waals surface area (Å²) in [5.74, 6) is -0.526. The number of amidine groups is 1. The van der Waals surface area contributed by atoms with Crippen molar-refractivity contribution in [2.24, 2.45) is 4.99 Å². The van der Waals surface area contributed by atoms with E-state index in [9.17, 15) is 13.4 Å². The molecule has 2 aliphatic heterocycles. The highest BCUT2D eigenvalue weighted by atomic mass is 19.2. The van der Waals surface area contributed by atoms with E-state index in [1.165, 1.54) is 18.3 Å². The molecule has 1 aromatic heterocycles. The van der Waals surface area contributed by atoms with E-state index in [-0.39, 0.29) is 17.2 Å². The third-order valence-electron chi connectivity index (χ3n) is 3.58. The molecule has 1 aromatic carbocycles. The Kier molecular flexibility index (Phi) is 1.97. The van der Waals surface area contributed by atoms with Gasteiger partial charge in [0.05, 0.1) is 5.56 Å². The predicted molar refractivity (Wildman–Crippen MR) is 68.8 cm³/mol. The Bertz CT molecular complexity index is 791. The first-order valence-electron chi connectivity index (χ1n) is 6.15. The van der Waals surface area contributed by atoms with Gasteiger partial charge in [-0.3, -0.25) is 4.79 Å². The zero-order valence-electron chi connectivity index (χ0n) is 10.2. The lowest BCUT2D eigenvalue weighted by Gasteiger charge is -2.33. The molecule has 98 valence electrons. The fourth-order valence-corrected chi connectivity index (χ4v) is 2.66. The van der Waals surface area contributed by atoms with E-state index in [0.29, 0.717) is 10.4 Å². The van der Waals surface area contributed by atoms with Gasteiger partial charge in [-0.25, -0.2) is 0 Å². The standard InChI is InChI=1S/C13H8BF2N3O/c15-14(16)18-8-4-3-7-11(18)17-12-9-5-1-2-6-10(9)13(20)19(12)14/h1-8H. The Hall–Kier alpha value is -2.57. The molecule has 4 rings (SSSR count). The van der Waals surface area contributed by atoms with Gasteiger partial charge in [0.2, 0.25) is 11.7 Å². The third kappa shape index (κ3) is 1.22. The molecule has 0 fully saturated rings. The monoisotopic (exact) mass is 271 g/mol. The molecule has 0 unspecified atom stereocenters. The van der Waals surface area contributed by atoms with Crippen LogP contribution in [0.15, 0.2) is 53.7 Å². The number of amides is 1. The van der Waals surface area contributed by atoms with Crippen LogP contribution >= 0.6 is 0 Å². The maximum Gasteiger partial charge on any atom is 0.644 e. The number of carbonyl (C=O) groups excluding carboxylic acids is 1. The highest BCUT2D eigenvalue weighted by molar-refractivity contribution is 6.64. The van der Waals surface area contributed by atoms with Gasteiger partial charge in [0, 0.05) is 17.8 Å². The second kappa shape index (κ2) is 3.50. The maximum atomic E-state index is 14.6. The number of fused-ring (bicyclic) bond motifs is 4. The van der Waals surface area contributed by atoms with Crippen molar-refractivity contribution in [2.75, 3.05) is 0 Å². The number of nitrogens with zero attached hydrogens (tertiary/aromatic N) is 3. The van der Waals surface area contributed by atoms with E-state index in [2.05, 4.69) is 4.99 Å². The van der Waals surface area contributed by atoms with Gasteiger partial charge in [-0.15, -0.1) is 0 Å². The molecule has 4 nitrogen and oxygen atoms in total. The summed E-state index contributed by atoms with van der Waals surface area (Å²) in [6.07, 6.45) is 1.24. The summed E-state index contributed by atoms with van der Waals surface area (Å²) in [4.78, 5) is 17.0. The molecule has 0 spiro atoms. The smallest absolute Gasteiger partial charge is 0.414 e. The second-order valence-corrected chi connectivity index (χ2v) is 4.71. The first-order valence-corrected chi connectivity index (χ1v) is 6.15. The number of aromatic nitrogens is 1. The molecule has 0 saturated heterocycles. The van der Waals surface area contributed by atoms with Crippen molar-refractivity contribution in [3.05, 3.63) is 59.8 Å². The SMILES string of the molecule is O=C1c2ccccc2C2=Nc3cccc[n+]3[B-](F)(F)N12. The Labute approximate surface area is 113 Å². The summed E-state index contributed by atoms with van der Waals surface area (Å²) < 4.78 is 30.0. The molecule has 2 aliphatic rings. The highest BCUT2D eigenvalue weighted by Crippen LogP contribution is 2.32. The van der Waals surface area contributed by atoms with Gasteiger partial charge in [0.1, 0.15) is 0 Å². The molecule has 7 heteroatoms. The minimum atomic E-state index is -4.22. The summed E-state index contributed by atoms with van der Waals surface area (Å²) in [7, 11) is 0. The van der Waals surface area contributed by atoms with E-state index in [4.69, 9.17) is 0 Å². The Balaban J connectivity index is 2.05. The molecule has 0 bridgehead atoms. The molecule has 0 atom stereocenters. The number of pyridine rings is 1. The van der Waals surface area contributed by atoms with Crippen LogP contribution in [0.1, 0.15) is 15.9 Å². The summed E-state index contributed by atoms with van der Waals surface area (Å²) in [6.45, 7) is -4.22. The molecule has 0 aliphatic carbocycles. The molecule has 2 aromatic rings. The van der Waals surface area contributed by atoms with Crippen LogP contribution < -0.4 is 4.48 Å². The second-order valence-electron chi connectivity index (χ2n) is 4.71. The van der Waals surface area contributed by atoms with Gasteiger partial charge in [0.15, 0.2) is 0 Å². The molecule has 0 saturated carbocycles. The quantitative estimate of drug-likeness (QED) is 0.672. The normalized spacial score (nSPS) is 18.2. The van der Waals surface area contributed by atoms with Gasteiger partial charge in [-0.05, 0) is 23.2 Å². The molecule has 1 amide bonds. The van der Waals surface area contributed by atoms with Crippen LogP contribution in [-0.2, 0) is 0 Å².